The number of hydrogen-bond donors (Lipinski definition) is 2. The minimum absolute atomic E-state index is 0.201. The zero-order chi connectivity index (χ0) is 13.3. The molecule has 2 atom stereocenters. The Hall–Kier alpha value is -0.820. The second-order valence-corrected chi connectivity index (χ2v) is 4.87. The van der Waals surface area contributed by atoms with Gasteiger partial charge in [-0.3, -0.25) is 4.79 Å². The first-order chi connectivity index (χ1) is 7.58. The Morgan fingerprint density at radius 1 is 1.47 bits per heavy atom. The summed E-state index contributed by atoms with van der Waals surface area (Å²) in [7, 11) is 0. The first kappa shape index (κ1) is 14.2. The van der Waals surface area contributed by atoms with Crippen LogP contribution >= 0.6 is 0 Å². The van der Waals surface area contributed by atoms with Gasteiger partial charge in [-0.25, -0.2) is 0 Å². The molecule has 0 aliphatic carbocycles. The highest BCUT2D eigenvalue weighted by molar-refractivity contribution is 5.87. The molecule has 1 fully saturated rings. The molecule has 0 bridgehead atoms. The molecule has 17 heavy (non-hydrogen) atoms. The van der Waals surface area contributed by atoms with Gasteiger partial charge in [0.15, 0.2) is 5.54 Å². The summed E-state index contributed by atoms with van der Waals surface area (Å²) in [5, 5.41) is 2.33. The Kier molecular flexibility index (Phi) is 3.73. The lowest BCUT2D eigenvalue weighted by molar-refractivity contribution is -0.189. The van der Waals surface area contributed by atoms with E-state index in [4.69, 9.17) is 10.5 Å². The van der Waals surface area contributed by atoms with E-state index in [1.54, 1.807) is 6.92 Å². The fourth-order valence-electron chi connectivity index (χ4n) is 1.57. The molecule has 1 amide bonds. The van der Waals surface area contributed by atoms with Gasteiger partial charge < -0.3 is 15.8 Å². The fourth-order valence-corrected chi connectivity index (χ4v) is 1.57. The van der Waals surface area contributed by atoms with E-state index in [1.807, 2.05) is 0 Å². The Morgan fingerprint density at radius 3 is 2.47 bits per heavy atom. The van der Waals surface area contributed by atoms with Crippen molar-refractivity contribution in [3.05, 3.63) is 0 Å². The number of carbonyl (C=O) groups excluding carboxylic acids is 1. The monoisotopic (exact) mass is 254 g/mol. The molecule has 100 valence electrons. The second-order valence-electron chi connectivity index (χ2n) is 4.87. The SMILES string of the molecule is CC1(NC(=O)C(C)(N)C(F)(F)F)CCCOC1. The van der Waals surface area contributed by atoms with Gasteiger partial charge in [-0.1, -0.05) is 0 Å². The minimum atomic E-state index is -4.77. The Bertz CT molecular complexity index is 296. The number of amides is 1. The molecule has 0 spiro atoms. The molecule has 1 saturated heterocycles. The van der Waals surface area contributed by atoms with Crippen LogP contribution in [0.25, 0.3) is 0 Å². The number of ether oxygens (including phenoxy) is 1. The summed E-state index contributed by atoms with van der Waals surface area (Å²) in [6.45, 7) is 3.07. The van der Waals surface area contributed by atoms with Gasteiger partial charge >= 0.3 is 6.18 Å². The van der Waals surface area contributed by atoms with Crippen LogP contribution in [0, 0.1) is 0 Å². The van der Waals surface area contributed by atoms with Crippen molar-refractivity contribution < 1.29 is 22.7 Å². The lowest BCUT2D eigenvalue weighted by atomic mass is 9.92. The van der Waals surface area contributed by atoms with Gasteiger partial charge in [0.25, 0.3) is 0 Å². The van der Waals surface area contributed by atoms with Crippen LogP contribution in [0.3, 0.4) is 0 Å². The number of halogens is 3. The third kappa shape index (κ3) is 3.10. The molecule has 1 heterocycles. The number of carbonyl (C=O) groups is 1. The van der Waals surface area contributed by atoms with Crippen LogP contribution in [-0.2, 0) is 9.53 Å². The average Bonchev–Trinajstić information content (AvgIpc) is 2.16. The number of rotatable bonds is 2. The Morgan fingerprint density at radius 2 is 2.06 bits per heavy atom. The zero-order valence-corrected chi connectivity index (χ0v) is 9.86. The molecule has 1 rings (SSSR count). The van der Waals surface area contributed by atoms with Gasteiger partial charge in [-0.05, 0) is 26.7 Å². The van der Waals surface area contributed by atoms with Crippen LogP contribution in [0.4, 0.5) is 13.2 Å². The van der Waals surface area contributed by atoms with E-state index in [1.165, 1.54) is 0 Å². The Labute approximate surface area is 97.7 Å². The van der Waals surface area contributed by atoms with E-state index in [9.17, 15) is 18.0 Å². The summed E-state index contributed by atoms with van der Waals surface area (Å²) in [5.41, 5.74) is 1.38. The highest BCUT2D eigenvalue weighted by Crippen LogP contribution is 2.29. The normalized spacial score (nSPS) is 29.5. The third-order valence-corrected chi connectivity index (χ3v) is 2.91. The van der Waals surface area contributed by atoms with Crippen molar-refractivity contribution in [2.24, 2.45) is 5.73 Å². The lowest BCUT2D eigenvalue weighted by Gasteiger charge is -2.37. The van der Waals surface area contributed by atoms with Gasteiger partial charge in [-0.15, -0.1) is 0 Å². The molecule has 0 radical (unpaired) electrons. The predicted molar refractivity (Wildman–Crippen MR) is 55.2 cm³/mol. The van der Waals surface area contributed by atoms with E-state index < -0.39 is 23.2 Å². The lowest BCUT2D eigenvalue weighted by Crippen LogP contribution is -2.66. The first-order valence-corrected chi connectivity index (χ1v) is 5.34. The molecule has 0 saturated carbocycles. The molecule has 3 N–H and O–H groups in total. The van der Waals surface area contributed by atoms with Crippen molar-refractivity contribution in [2.75, 3.05) is 13.2 Å². The van der Waals surface area contributed by atoms with Crippen LogP contribution in [-0.4, -0.2) is 36.4 Å². The maximum absolute atomic E-state index is 12.5. The largest absolute Gasteiger partial charge is 0.415 e. The highest BCUT2D eigenvalue weighted by atomic mass is 19.4. The molecule has 0 aromatic heterocycles. The van der Waals surface area contributed by atoms with Gasteiger partial charge in [0.2, 0.25) is 5.91 Å². The summed E-state index contributed by atoms with van der Waals surface area (Å²) < 4.78 is 42.8. The topological polar surface area (TPSA) is 64.4 Å². The van der Waals surface area contributed by atoms with Crippen LogP contribution in [0.2, 0.25) is 0 Å². The first-order valence-electron chi connectivity index (χ1n) is 5.34. The van der Waals surface area contributed by atoms with Crippen molar-refractivity contribution in [1.82, 2.24) is 5.32 Å². The van der Waals surface area contributed by atoms with Crippen LogP contribution in [0.5, 0.6) is 0 Å². The fraction of sp³-hybridized carbons (Fsp3) is 0.900. The quantitative estimate of drug-likeness (QED) is 0.771. The summed E-state index contributed by atoms with van der Waals surface area (Å²) in [4.78, 5) is 11.6. The van der Waals surface area contributed by atoms with Gasteiger partial charge in [0.1, 0.15) is 0 Å². The molecule has 4 nitrogen and oxygen atoms in total. The van der Waals surface area contributed by atoms with E-state index in [-0.39, 0.29) is 6.61 Å². The number of nitrogens with two attached hydrogens (primary N) is 1. The summed E-state index contributed by atoms with van der Waals surface area (Å²) in [5.74, 6) is -1.22. The molecule has 1 aliphatic heterocycles. The number of hydrogen-bond acceptors (Lipinski definition) is 3. The van der Waals surface area contributed by atoms with Crippen LogP contribution < -0.4 is 11.1 Å². The van der Waals surface area contributed by atoms with E-state index in [2.05, 4.69) is 5.32 Å². The van der Waals surface area contributed by atoms with Crippen LogP contribution in [0.15, 0.2) is 0 Å². The van der Waals surface area contributed by atoms with Crippen molar-refractivity contribution in [1.29, 1.82) is 0 Å². The zero-order valence-electron chi connectivity index (χ0n) is 9.86. The van der Waals surface area contributed by atoms with Crippen molar-refractivity contribution in [3.63, 3.8) is 0 Å². The van der Waals surface area contributed by atoms with Gasteiger partial charge in [0, 0.05) is 6.61 Å². The molecule has 0 aromatic rings. The van der Waals surface area contributed by atoms with Crippen molar-refractivity contribution in [2.45, 2.75) is 43.9 Å². The van der Waals surface area contributed by atoms with E-state index in [0.717, 1.165) is 0 Å². The van der Waals surface area contributed by atoms with E-state index >= 15 is 0 Å². The summed E-state index contributed by atoms with van der Waals surface area (Å²) in [6.07, 6.45) is -3.50. The minimum Gasteiger partial charge on any atom is -0.379 e. The Balaban J connectivity index is 2.71. The summed E-state index contributed by atoms with van der Waals surface area (Å²) >= 11 is 0. The summed E-state index contributed by atoms with van der Waals surface area (Å²) in [6, 6.07) is 0. The molecule has 7 heteroatoms. The maximum atomic E-state index is 12.5. The van der Waals surface area contributed by atoms with Gasteiger partial charge in [0.05, 0.1) is 12.1 Å². The molecule has 0 aromatic carbocycles. The van der Waals surface area contributed by atoms with Crippen LogP contribution in [0.1, 0.15) is 26.7 Å². The molecule has 1 aliphatic rings. The average molecular weight is 254 g/mol. The molecular weight excluding hydrogens is 237 g/mol. The predicted octanol–water partition coefficient (Wildman–Crippen LogP) is 0.951. The number of nitrogens with one attached hydrogen (secondary N) is 1. The highest BCUT2D eigenvalue weighted by Gasteiger charge is 2.55. The number of alkyl halides is 3. The standard InChI is InChI=1S/C10H17F3N2O2/c1-8(4-3-5-17-6-8)15-7(16)9(2,14)10(11,12)13/h3-6,14H2,1-2H3,(H,15,16). The van der Waals surface area contributed by atoms with E-state index in [0.29, 0.717) is 26.4 Å². The van der Waals surface area contributed by atoms with Gasteiger partial charge in [-0.2, -0.15) is 13.2 Å². The second kappa shape index (κ2) is 4.45. The molecule has 2 unspecified atom stereocenters. The smallest absolute Gasteiger partial charge is 0.379 e. The third-order valence-electron chi connectivity index (χ3n) is 2.91. The maximum Gasteiger partial charge on any atom is 0.415 e. The van der Waals surface area contributed by atoms with Crippen molar-refractivity contribution in [3.8, 4) is 0 Å². The van der Waals surface area contributed by atoms with Crippen molar-refractivity contribution >= 4 is 5.91 Å². The molecular formula is C10H17F3N2O2.